The zero-order valence-electron chi connectivity index (χ0n) is 12.4. The summed E-state index contributed by atoms with van der Waals surface area (Å²) in [5.74, 6) is 1.57. The van der Waals surface area contributed by atoms with Gasteiger partial charge in [0.2, 0.25) is 5.91 Å². The summed E-state index contributed by atoms with van der Waals surface area (Å²) in [5, 5.41) is 12.2. The number of hydrogen-bond acceptors (Lipinski definition) is 5. The summed E-state index contributed by atoms with van der Waals surface area (Å²) in [4.78, 5) is 27.3. The first-order chi connectivity index (χ1) is 9.97. The molecular weight excluding hydrogens is 272 g/mol. The Bertz CT molecular complexity index is 688. The van der Waals surface area contributed by atoms with Crippen LogP contribution in [0.4, 0.5) is 5.82 Å². The van der Waals surface area contributed by atoms with Gasteiger partial charge in [0, 0.05) is 25.6 Å². The fraction of sp³-hybridized carbons (Fsp3) is 0.538. The summed E-state index contributed by atoms with van der Waals surface area (Å²) in [7, 11) is 0. The van der Waals surface area contributed by atoms with E-state index < -0.39 is 0 Å². The van der Waals surface area contributed by atoms with Crippen molar-refractivity contribution < 1.29 is 4.79 Å². The molecule has 0 saturated heterocycles. The van der Waals surface area contributed by atoms with E-state index in [4.69, 9.17) is 0 Å². The van der Waals surface area contributed by atoms with Gasteiger partial charge in [0.1, 0.15) is 11.6 Å². The van der Waals surface area contributed by atoms with Crippen molar-refractivity contribution in [3.63, 3.8) is 0 Å². The Morgan fingerprint density at radius 2 is 2.24 bits per heavy atom. The molecule has 0 atom stereocenters. The second-order valence-electron chi connectivity index (χ2n) is 5.29. The van der Waals surface area contributed by atoms with Crippen LogP contribution in [0.5, 0.6) is 0 Å². The van der Waals surface area contributed by atoms with E-state index in [0.717, 1.165) is 0 Å². The van der Waals surface area contributed by atoms with Crippen molar-refractivity contribution in [1.82, 2.24) is 24.9 Å². The van der Waals surface area contributed by atoms with Crippen LogP contribution < -0.4 is 16.3 Å². The van der Waals surface area contributed by atoms with Crippen LogP contribution in [-0.4, -0.2) is 38.6 Å². The second kappa shape index (κ2) is 6.38. The summed E-state index contributed by atoms with van der Waals surface area (Å²) < 4.78 is 1.39. The predicted octanol–water partition coefficient (Wildman–Crippen LogP) is 0.300. The van der Waals surface area contributed by atoms with Crippen molar-refractivity contribution in [1.29, 1.82) is 0 Å². The molecule has 0 saturated carbocycles. The lowest BCUT2D eigenvalue weighted by Crippen LogP contribution is -2.28. The molecule has 0 aliphatic heterocycles. The number of H-pyrrole nitrogens is 1. The maximum atomic E-state index is 11.6. The Hall–Kier alpha value is -2.38. The molecule has 0 aliphatic rings. The number of anilines is 1. The number of amides is 1. The lowest BCUT2D eigenvalue weighted by molar-refractivity contribution is -0.120. The zero-order chi connectivity index (χ0) is 15.4. The second-order valence-corrected chi connectivity index (χ2v) is 5.29. The fourth-order valence-corrected chi connectivity index (χ4v) is 1.90. The van der Waals surface area contributed by atoms with E-state index >= 15 is 0 Å². The summed E-state index contributed by atoms with van der Waals surface area (Å²) in [6.45, 7) is 6.97. The van der Waals surface area contributed by atoms with Crippen molar-refractivity contribution in [2.45, 2.75) is 27.2 Å². The number of carbonyl (C=O) groups excluding carboxylic acids is 1. The van der Waals surface area contributed by atoms with E-state index in [9.17, 15) is 9.59 Å². The maximum Gasteiger partial charge on any atom is 0.349 e. The number of aromatic nitrogens is 4. The fourth-order valence-electron chi connectivity index (χ4n) is 1.90. The van der Waals surface area contributed by atoms with Gasteiger partial charge in [0.15, 0.2) is 5.65 Å². The quantitative estimate of drug-likeness (QED) is 0.710. The summed E-state index contributed by atoms with van der Waals surface area (Å²) in [6, 6.07) is 1.66. The van der Waals surface area contributed by atoms with Crippen molar-refractivity contribution in [2.24, 2.45) is 5.92 Å². The van der Waals surface area contributed by atoms with Gasteiger partial charge in [0.05, 0.1) is 0 Å². The average molecular weight is 292 g/mol. The Kier molecular flexibility index (Phi) is 4.56. The van der Waals surface area contributed by atoms with Gasteiger partial charge in [0.25, 0.3) is 0 Å². The normalized spacial score (nSPS) is 11.0. The number of nitrogens with zero attached hydrogens (tertiary/aromatic N) is 3. The molecule has 2 aromatic rings. The summed E-state index contributed by atoms with van der Waals surface area (Å²) >= 11 is 0. The molecule has 8 heteroatoms. The molecule has 1 amide bonds. The Morgan fingerprint density at radius 1 is 1.48 bits per heavy atom. The molecule has 21 heavy (non-hydrogen) atoms. The van der Waals surface area contributed by atoms with Crippen LogP contribution in [0.1, 0.15) is 26.1 Å². The molecule has 2 rings (SSSR count). The van der Waals surface area contributed by atoms with E-state index in [-0.39, 0.29) is 11.6 Å². The van der Waals surface area contributed by atoms with Crippen LogP contribution in [0.15, 0.2) is 10.9 Å². The minimum Gasteiger partial charge on any atom is -0.369 e. The number of aromatic amines is 1. The smallest absolute Gasteiger partial charge is 0.349 e. The lowest BCUT2D eigenvalue weighted by atomic mass is 10.2. The van der Waals surface area contributed by atoms with Gasteiger partial charge < -0.3 is 10.6 Å². The Labute approximate surface area is 122 Å². The molecule has 2 heterocycles. The van der Waals surface area contributed by atoms with Crippen molar-refractivity contribution in [3.05, 3.63) is 22.4 Å². The highest BCUT2D eigenvalue weighted by Crippen LogP contribution is 2.07. The number of hydrogen-bond donors (Lipinski definition) is 3. The van der Waals surface area contributed by atoms with E-state index in [1.165, 1.54) is 4.40 Å². The predicted molar refractivity (Wildman–Crippen MR) is 79.3 cm³/mol. The number of fused-ring (bicyclic) bond motifs is 1. The minimum atomic E-state index is -0.311. The number of rotatable bonds is 6. The SMILES string of the molecule is Cc1nc(NCCC(=O)NCC(C)C)cc2n[nH]c(=O)n12. The molecule has 3 N–H and O–H groups in total. The zero-order valence-corrected chi connectivity index (χ0v) is 12.4. The Morgan fingerprint density at radius 3 is 2.95 bits per heavy atom. The van der Waals surface area contributed by atoms with Crippen molar-refractivity contribution >= 4 is 17.4 Å². The number of carbonyl (C=O) groups is 1. The first-order valence-corrected chi connectivity index (χ1v) is 6.92. The van der Waals surface area contributed by atoms with Crippen molar-refractivity contribution in [2.75, 3.05) is 18.4 Å². The maximum absolute atomic E-state index is 11.6. The average Bonchev–Trinajstić information content (AvgIpc) is 2.78. The molecule has 0 spiro atoms. The molecule has 2 aromatic heterocycles. The van der Waals surface area contributed by atoms with Crippen LogP contribution in [0, 0.1) is 12.8 Å². The van der Waals surface area contributed by atoms with Gasteiger partial charge in [-0.3, -0.25) is 4.79 Å². The highest BCUT2D eigenvalue weighted by atomic mass is 16.2. The third-order valence-corrected chi connectivity index (χ3v) is 2.94. The number of aryl methyl sites for hydroxylation is 1. The van der Waals surface area contributed by atoms with Crippen LogP contribution in [0.2, 0.25) is 0 Å². The van der Waals surface area contributed by atoms with Crippen LogP contribution in [0.3, 0.4) is 0 Å². The molecule has 0 fully saturated rings. The standard InChI is InChI=1S/C13H20N6O2/c1-8(2)7-15-12(20)4-5-14-10-6-11-17-18-13(21)19(11)9(3)16-10/h6,8,14H,4-5,7H2,1-3H3,(H,15,20)(H,18,21). The van der Waals surface area contributed by atoms with E-state index in [1.807, 2.05) is 13.8 Å². The van der Waals surface area contributed by atoms with E-state index in [1.54, 1.807) is 13.0 Å². The third-order valence-electron chi connectivity index (χ3n) is 2.94. The highest BCUT2D eigenvalue weighted by molar-refractivity contribution is 5.76. The first kappa shape index (κ1) is 15.0. The molecule has 0 radical (unpaired) electrons. The van der Waals surface area contributed by atoms with Gasteiger partial charge in [-0.25, -0.2) is 19.3 Å². The molecule has 114 valence electrons. The molecule has 0 unspecified atom stereocenters. The van der Waals surface area contributed by atoms with Gasteiger partial charge in [-0.1, -0.05) is 13.8 Å². The largest absolute Gasteiger partial charge is 0.369 e. The topological polar surface area (TPSA) is 104 Å². The van der Waals surface area contributed by atoms with E-state index in [2.05, 4.69) is 25.8 Å². The lowest BCUT2D eigenvalue weighted by Gasteiger charge is -2.09. The molecule has 8 nitrogen and oxygen atoms in total. The van der Waals surface area contributed by atoms with Gasteiger partial charge in [-0.05, 0) is 12.8 Å². The third kappa shape index (κ3) is 3.80. The van der Waals surface area contributed by atoms with E-state index in [0.29, 0.717) is 42.7 Å². The monoisotopic (exact) mass is 292 g/mol. The molecular formula is C13H20N6O2. The minimum absolute atomic E-state index is 0.00462. The summed E-state index contributed by atoms with van der Waals surface area (Å²) in [6.07, 6.45) is 0.367. The summed E-state index contributed by atoms with van der Waals surface area (Å²) in [5.41, 5.74) is 0.189. The van der Waals surface area contributed by atoms with Gasteiger partial charge in [-0.15, -0.1) is 0 Å². The first-order valence-electron chi connectivity index (χ1n) is 6.92. The van der Waals surface area contributed by atoms with Crippen LogP contribution in [0.25, 0.3) is 5.65 Å². The number of nitrogens with one attached hydrogen (secondary N) is 3. The van der Waals surface area contributed by atoms with Crippen LogP contribution >= 0.6 is 0 Å². The molecule has 0 bridgehead atoms. The molecule has 0 aliphatic carbocycles. The van der Waals surface area contributed by atoms with Gasteiger partial charge in [-0.2, -0.15) is 5.10 Å². The van der Waals surface area contributed by atoms with Crippen molar-refractivity contribution in [3.8, 4) is 0 Å². The molecule has 0 aromatic carbocycles. The van der Waals surface area contributed by atoms with Gasteiger partial charge >= 0.3 is 5.69 Å². The van der Waals surface area contributed by atoms with Crippen LogP contribution in [-0.2, 0) is 4.79 Å². The Balaban J connectivity index is 1.92. The highest BCUT2D eigenvalue weighted by Gasteiger charge is 2.07.